The van der Waals surface area contributed by atoms with Crippen molar-refractivity contribution in [1.82, 2.24) is 25.0 Å². The highest BCUT2D eigenvalue weighted by Gasteiger charge is 2.16. The molecule has 0 saturated carbocycles. The van der Waals surface area contributed by atoms with E-state index in [-0.39, 0.29) is 5.91 Å². The Bertz CT molecular complexity index is 810. The molecule has 0 aliphatic heterocycles. The SMILES string of the molecule is CCSc1n[nH]c(NC(=O)c2cnn(-c3ccccc3)c2C)n1. The standard InChI is InChI=1S/C15H16N6OS/c1-3-23-15-18-14(19-20-15)17-13(22)12-9-16-21(10(12)2)11-7-5-4-6-8-11/h4-9H,3H2,1-2H3,(H2,17,18,19,20,22). The summed E-state index contributed by atoms with van der Waals surface area (Å²) < 4.78 is 1.73. The van der Waals surface area contributed by atoms with Crippen molar-refractivity contribution in [1.29, 1.82) is 0 Å². The molecule has 0 radical (unpaired) electrons. The van der Waals surface area contributed by atoms with Crippen molar-refractivity contribution in [2.24, 2.45) is 0 Å². The lowest BCUT2D eigenvalue weighted by Crippen LogP contribution is -2.14. The number of para-hydroxylation sites is 1. The molecule has 118 valence electrons. The molecule has 0 unspecified atom stereocenters. The Morgan fingerprint density at radius 3 is 2.87 bits per heavy atom. The number of rotatable bonds is 5. The molecule has 0 fully saturated rings. The number of anilines is 1. The Labute approximate surface area is 137 Å². The maximum absolute atomic E-state index is 12.4. The summed E-state index contributed by atoms with van der Waals surface area (Å²) >= 11 is 1.50. The molecule has 0 spiro atoms. The number of benzene rings is 1. The van der Waals surface area contributed by atoms with Crippen LogP contribution in [-0.2, 0) is 0 Å². The van der Waals surface area contributed by atoms with Crippen molar-refractivity contribution < 1.29 is 4.79 Å². The summed E-state index contributed by atoms with van der Waals surface area (Å²) in [4.78, 5) is 16.6. The Balaban J connectivity index is 1.79. The molecule has 0 aliphatic rings. The highest BCUT2D eigenvalue weighted by atomic mass is 32.2. The molecule has 7 nitrogen and oxygen atoms in total. The van der Waals surface area contributed by atoms with Gasteiger partial charge in [0.25, 0.3) is 5.91 Å². The van der Waals surface area contributed by atoms with Crippen molar-refractivity contribution in [3.8, 4) is 5.69 Å². The van der Waals surface area contributed by atoms with E-state index in [2.05, 4.69) is 25.6 Å². The molecular formula is C15H16N6OS. The minimum Gasteiger partial charge on any atom is -0.291 e. The van der Waals surface area contributed by atoms with Crippen molar-refractivity contribution in [3.05, 3.63) is 47.8 Å². The number of carbonyl (C=O) groups excluding carboxylic acids is 1. The molecule has 3 rings (SSSR count). The van der Waals surface area contributed by atoms with E-state index in [1.807, 2.05) is 44.2 Å². The van der Waals surface area contributed by atoms with Crippen molar-refractivity contribution in [2.45, 2.75) is 19.0 Å². The van der Waals surface area contributed by atoms with Crippen LogP contribution in [0.5, 0.6) is 0 Å². The first-order valence-corrected chi connectivity index (χ1v) is 8.14. The van der Waals surface area contributed by atoms with Gasteiger partial charge in [-0.1, -0.05) is 36.9 Å². The number of aromatic nitrogens is 5. The molecule has 0 atom stereocenters. The van der Waals surface area contributed by atoms with Gasteiger partial charge in [-0.2, -0.15) is 10.1 Å². The first-order chi connectivity index (χ1) is 11.2. The number of nitrogens with one attached hydrogen (secondary N) is 2. The number of thioether (sulfide) groups is 1. The van der Waals surface area contributed by atoms with Crippen LogP contribution in [-0.4, -0.2) is 36.6 Å². The number of carbonyl (C=O) groups is 1. The number of hydrogen-bond acceptors (Lipinski definition) is 5. The van der Waals surface area contributed by atoms with E-state index < -0.39 is 0 Å². The third kappa shape index (κ3) is 3.26. The normalized spacial score (nSPS) is 10.7. The lowest BCUT2D eigenvalue weighted by molar-refractivity contribution is 0.102. The van der Waals surface area contributed by atoms with E-state index in [4.69, 9.17) is 0 Å². The number of H-pyrrole nitrogens is 1. The van der Waals surface area contributed by atoms with Crippen LogP contribution < -0.4 is 5.32 Å². The van der Waals surface area contributed by atoms with E-state index in [1.165, 1.54) is 11.8 Å². The van der Waals surface area contributed by atoms with Crippen LogP contribution in [0.2, 0.25) is 0 Å². The van der Waals surface area contributed by atoms with E-state index in [0.29, 0.717) is 16.7 Å². The molecule has 0 aliphatic carbocycles. The zero-order valence-electron chi connectivity index (χ0n) is 12.8. The first kappa shape index (κ1) is 15.3. The lowest BCUT2D eigenvalue weighted by atomic mass is 10.2. The molecule has 0 saturated heterocycles. The average molecular weight is 328 g/mol. The van der Waals surface area contributed by atoms with Crippen molar-refractivity contribution in [3.63, 3.8) is 0 Å². The summed E-state index contributed by atoms with van der Waals surface area (Å²) in [5.41, 5.74) is 2.16. The molecular weight excluding hydrogens is 312 g/mol. The summed E-state index contributed by atoms with van der Waals surface area (Å²) in [7, 11) is 0. The third-order valence-electron chi connectivity index (χ3n) is 3.23. The zero-order valence-corrected chi connectivity index (χ0v) is 13.6. The largest absolute Gasteiger partial charge is 0.291 e. The Kier molecular flexibility index (Phi) is 4.42. The predicted octanol–water partition coefficient (Wildman–Crippen LogP) is 2.66. The second-order valence-electron chi connectivity index (χ2n) is 4.74. The van der Waals surface area contributed by atoms with Gasteiger partial charge in [0.1, 0.15) is 0 Å². The maximum Gasteiger partial charge on any atom is 0.261 e. The predicted molar refractivity (Wildman–Crippen MR) is 89.0 cm³/mol. The molecule has 23 heavy (non-hydrogen) atoms. The first-order valence-electron chi connectivity index (χ1n) is 7.15. The molecule has 1 amide bonds. The minimum atomic E-state index is -0.270. The number of aromatic amines is 1. The van der Waals surface area contributed by atoms with Crippen LogP contribution in [0.3, 0.4) is 0 Å². The van der Waals surface area contributed by atoms with Gasteiger partial charge in [0.2, 0.25) is 11.1 Å². The van der Waals surface area contributed by atoms with E-state index in [1.54, 1.807) is 10.9 Å². The second-order valence-corrected chi connectivity index (χ2v) is 5.98. The highest BCUT2D eigenvalue weighted by Crippen LogP contribution is 2.16. The van der Waals surface area contributed by atoms with Gasteiger partial charge in [0.05, 0.1) is 23.1 Å². The molecule has 3 aromatic rings. The van der Waals surface area contributed by atoms with Gasteiger partial charge < -0.3 is 0 Å². The number of hydrogen-bond donors (Lipinski definition) is 2. The van der Waals surface area contributed by atoms with Crippen LogP contribution in [0.25, 0.3) is 5.69 Å². The average Bonchev–Trinajstić information content (AvgIpc) is 3.15. The summed E-state index contributed by atoms with van der Waals surface area (Å²) in [6.07, 6.45) is 1.55. The van der Waals surface area contributed by atoms with E-state index in [9.17, 15) is 4.79 Å². The van der Waals surface area contributed by atoms with Crippen molar-refractivity contribution in [2.75, 3.05) is 11.1 Å². The van der Waals surface area contributed by atoms with Crippen LogP contribution >= 0.6 is 11.8 Å². The zero-order chi connectivity index (χ0) is 16.2. The second kappa shape index (κ2) is 6.66. The van der Waals surface area contributed by atoms with Gasteiger partial charge in [-0.3, -0.25) is 10.1 Å². The van der Waals surface area contributed by atoms with Crippen LogP contribution in [0.4, 0.5) is 5.95 Å². The fourth-order valence-corrected chi connectivity index (χ4v) is 2.66. The fourth-order valence-electron chi connectivity index (χ4n) is 2.13. The van der Waals surface area contributed by atoms with Gasteiger partial charge in [0.15, 0.2) is 0 Å². The molecule has 1 aromatic carbocycles. The van der Waals surface area contributed by atoms with Gasteiger partial charge in [0, 0.05) is 0 Å². The van der Waals surface area contributed by atoms with Gasteiger partial charge in [-0.25, -0.2) is 9.78 Å². The van der Waals surface area contributed by atoms with Crippen LogP contribution in [0.1, 0.15) is 23.0 Å². The Morgan fingerprint density at radius 1 is 1.35 bits per heavy atom. The summed E-state index contributed by atoms with van der Waals surface area (Å²) in [5.74, 6) is 0.931. The minimum absolute atomic E-state index is 0.270. The molecule has 0 bridgehead atoms. The lowest BCUT2D eigenvalue weighted by Gasteiger charge is -2.05. The monoisotopic (exact) mass is 328 g/mol. The molecule has 2 heterocycles. The third-order valence-corrected chi connectivity index (χ3v) is 3.95. The number of amides is 1. The highest BCUT2D eigenvalue weighted by molar-refractivity contribution is 7.99. The fraction of sp³-hybridized carbons (Fsp3) is 0.200. The van der Waals surface area contributed by atoms with Crippen LogP contribution in [0.15, 0.2) is 41.7 Å². The van der Waals surface area contributed by atoms with Gasteiger partial charge >= 0.3 is 0 Å². The molecule has 2 N–H and O–H groups in total. The Hall–Kier alpha value is -2.61. The molecule has 8 heteroatoms. The summed E-state index contributed by atoms with van der Waals surface area (Å²) in [5, 5.41) is 14.3. The smallest absolute Gasteiger partial charge is 0.261 e. The van der Waals surface area contributed by atoms with E-state index in [0.717, 1.165) is 17.1 Å². The van der Waals surface area contributed by atoms with Gasteiger partial charge in [-0.15, -0.1) is 5.10 Å². The topological polar surface area (TPSA) is 88.5 Å². The summed E-state index contributed by atoms with van der Waals surface area (Å²) in [6.45, 7) is 3.87. The molecule has 2 aromatic heterocycles. The van der Waals surface area contributed by atoms with E-state index >= 15 is 0 Å². The van der Waals surface area contributed by atoms with Crippen molar-refractivity contribution >= 4 is 23.6 Å². The Morgan fingerprint density at radius 2 is 2.13 bits per heavy atom. The number of nitrogens with zero attached hydrogens (tertiary/aromatic N) is 4. The quantitative estimate of drug-likeness (QED) is 0.703. The van der Waals surface area contributed by atoms with Gasteiger partial charge in [-0.05, 0) is 24.8 Å². The summed E-state index contributed by atoms with van der Waals surface area (Å²) in [6, 6.07) is 9.67. The maximum atomic E-state index is 12.4. The van der Waals surface area contributed by atoms with Crippen LogP contribution in [0, 0.1) is 6.92 Å².